The van der Waals surface area contributed by atoms with Crippen molar-refractivity contribution in [2.24, 2.45) is 0 Å². The Morgan fingerprint density at radius 3 is 2.91 bits per heavy atom. The van der Waals surface area contributed by atoms with E-state index in [1.165, 1.54) is 21.8 Å². The van der Waals surface area contributed by atoms with E-state index in [1.807, 2.05) is 26.0 Å². The number of thiophene rings is 1. The molecule has 1 N–H and O–H groups in total. The van der Waals surface area contributed by atoms with Crippen LogP contribution in [0.2, 0.25) is 0 Å². The highest BCUT2D eigenvalue weighted by atomic mass is 32.1. The van der Waals surface area contributed by atoms with E-state index in [9.17, 15) is 9.59 Å². The molecular weight excluding hydrogens is 428 g/mol. The van der Waals surface area contributed by atoms with Crippen molar-refractivity contribution < 1.29 is 18.8 Å². The lowest BCUT2D eigenvalue weighted by Crippen LogP contribution is -2.37. The summed E-state index contributed by atoms with van der Waals surface area (Å²) in [6.07, 6.45) is 0.764. The molecule has 1 amide bonds. The quantitative estimate of drug-likeness (QED) is 0.546. The van der Waals surface area contributed by atoms with Crippen LogP contribution in [0.4, 0.5) is 0 Å². The summed E-state index contributed by atoms with van der Waals surface area (Å²) in [4.78, 5) is 33.1. The van der Waals surface area contributed by atoms with Crippen LogP contribution in [0.15, 0.2) is 34.9 Å². The normalized spacial score (nSPS) is 13.8. The van der Waals surface area contributed by atoms with Crippen LogP contribution in [-0.4, -0.2) is 52.7 Å². The SMILES string of the molecule is Cc1nc(-c2cccc(C(=O)NCCN3CCc4cc(C(=O)OC(C)C)sc4C3)c2)no1. The highest BCUT2D eigenvalue weighted by Crippen LogP contribution is 2.28. The molecule has 8 nitrogen and oxygen atoms in total. The molecule has 0 spiro atoms. The number of carbonyl (C=O) groups is 2. The van der Waals surface area contributed by atoms with Crippen molar-refractivity contribution in [1.82, 2.24) is 20.4 Å². The van der Waals surface area contributed by atoms with Gasteiger partial charge in [0.2, 0.25) is 11.7 Å². The van der Waals surface area contributed by atoms with E-state index in [2.05, 4.69) is 20.4 Å². The first kappa shape index (κ1) is 22.2. The molecule has 1 aliphatic rings. The molecule has 4 rings (SSSR count). The maximum absolute atomic E-state index is 12.6. The van der Waals surface area contributed by atoms with Crippen molar-refractivity contribution >= 4 is 23.2 Å². The van der Waals surface area contributed by atoms with E-state index in [1.54, 1.807) is 25.1 Å². The van der Waals surface area contributed by atoms with Gasteiger partial charge in [-0.1, -0.05) is 17.3 Å². The molecule has 0 bridgehead atoms. The van der Waals surface area contributed by atoms with E-state index in [0.29, 0.717) is 28.7 Å². The molecule has 0 fully saturated rings. The average Bonchev–Trinajstić information content (AvgIpc) is 3.39. The molecule has 2 aromatic heterocycles. The number of ether oxygens (including phenoxy) is 1. The number of hydrogen-bond donors (Lipinski definition) is 1. The van der Waals surface area contributed by atoms with Gasteiger partial charge in [0.1, 0.15) is 4.88 Å². The minimum atomic E-state index is -0.253. The summed E-state index contributed by atoms with van der Waals surface area (Å²) in [6, 6.07) is 9.14. The molecule has 0 atom stereocenters. The summed E-state index contributed by atoms with van der Waals surface area (Å²) in [6.45, 7) is 8.37. The number of nitrogens with one attached hydrogen (secondary N) is 1. The molecule has 0 saturated heterocycles. The largest absolute Gasteiger partial charge is 0.459 e. The van der Waals surface area contributed by atoms with Crippen LogP contribution in [0, 0.1) is 6.92 Å². The smallest absolute Gasteiger partial charge is 0.348 e. The second kappa shape index (κ2) is 9.62. The summed E-state index contributed by atoms with van der Waals surface area (Å²) < 4.78 is 10.3. The van der Waals surface area contributed by atoms with Crippen LogP contribution >= 0.6 is 11.3 Å². The van der Waals surface area contributed by atoms with Gasteiger partial charge in [-0.2, -0.15) is 4.98 Å². The van der Waals surface area contributed by atoms with E-state index in [0.717, 1.165) is 31.6 Å². The van der Waals surface area contributed by atoms with Crippen LogP contribution in [0.3, 0.4) is 0 Å². The number of fused-ring (bicyclic) bond motifs is 1. The number of amides is 1. The van der Waals surface area contributed by atoms with Gasteiger partial charge in [-0.05, 0) is 44.0 Å². The molecule has 0 saturated carbocycles. The number of benzene rings is 1. The summed E-state index contributed by atoms with van der Waals surface area (Å²) in [5.74, 6) is 0.555. The molecule has 32 heavy (non-hydrogen) atoms. The Kier molecular flexibility index (Phi) is 6.66. The Labute approximate surface area is 190 Å². The first-order valence-electron chi connectivity index (χ1n) is 10.6. The zero-order chi connectivity index (χ0) is 22.7. The number of carbonyl (C=O) groups excluding carboxylic acids is 2. The number of esters is 1. The van der Waals surface area contributed by atoms with E-state index in [4.69, 9.17) is 9.26 Å². The van der Waals surface area contributed by atoms with Crippen LogP contribution < -0.4 is 5.32 Å². The minimum Gasteiger partial charge on any atom is -0.459 e. The Hall–Kier alpha value is -3.04. The maximum atomic E-state index is 12.6. The third-order valence-corrected chi connectivity index (χ3v) is 6.27. The van der Waals surface area contributed by atoms with Crippen LogP contribution in [-0.2, 0) is 17.7 Å². The van der Waals surface area contributed by atoms with E-state index < -0.39 is 0 Å². The highest BCUT2D eigenvalue weighted by molar-refractivity contribution is 7.14. The Morgan fingerprint density at radius 1 is 1.31 bits per heavy atom. The summed E-state index contributed by atoms with van der Waals surface area (Å²) >= 11 is 1.50. The molecule has 1 aliphatic heterocycles. The predicted molar refractivity (Wildman–Crippen MR) is 121 cm³/mol. The molecular formula is C23H26N4O4S. The van der Waals surface area contributed by atoms with Gasteiger partial charge in [0.25, 0.3) is 5.91 Å². The van der Waals surface area contributed by atoms with Gasteiger partial charge in [-0.15, -0.1) is 11.3 Å². The molecule has 0 aliphatic carbocycles. The van der Waals surface area contributed by atoms with Crippen molar-refractivity contribution in [3.8, 4) is 11.4 Å². The van der Waals surface area contributed by atoms with Gasteiger partial charge >= 0.3 is 5.97 Å². The second-order valence-electron chi connectivity index (χ2n) is 8.01. The van der Waals surface area contributed by atoms with Crippen molar-refractivity contribution in [1.29, 1.82) is 0 Å². The zero-order valence-electron chi connectivity index (χ0n) is 18.4. The average molecular weight is 455 g/mol. The fourth-order valence-corrected chi connectivity index (χ4v) is 4.72. The zero-order valence-corrected chi connectivity index (χ0v) is 19.2. The van der Waals surface area contributed by atoms with Gasteiger partial charge in [0.05, 0.1) is 6.10 Å². The molecule has 3 heterocycles. The first-order valence-corrected chi connectivity index (χ1v) is 11.4. The molecule has 168 valence electrons. The first-order chi connectivity index (χ1) is 15.4. The van der Waals surface area contributed by atoms with Crippen molar-refractivity contribution in [2.45, 2.75) is 39.8 Å². The van der Waals surface area contributed by atoms with E-state index >= 15 is 0 Å². The Balaban J connectivity index is 1.30. The third kappa shape index (κ3) is 5.23. The third-order valence-electron chi connectivity index (χ3n) is 5.13. The van der Waals surface area contributed by atoms with Gasteiger partial charge in [-0.25, -0.2) is 4.79 Å². The number of aromatic nitrogens is 2. The van der Waals surface area contributed by atoms with Gasteiger partial charge in [-0.3, -0.25) is 9.69 Å². The van der Waals surface area contributed by atoms with Crippen molar-refractivity contribution in [2.75, 3.05) is 19.6 Å². The van der Waals surface area contributed by atoms with Crippen LogP contribution in [0.25, 0.3) is 11.4 Å². The van der Waals surface area contributed by atoms with Crippen LogP contribution in [0.5, 0.6) is 0 Å². The Morgan fingerprint density at radius 2 is 2.16 bits per heavy atom. The van der Waals surface area contributed by atoms with Gasteiger partial charge in [0.15, 0.2) is 0 Å². The fraction of sp³-hybridized carbons (Fsp3) is 0.391. The lowest BCUT2D eigenvalue weighted by atomic mass is 10.1. The standard InChI is InChI=1S/C23H26N4O4S/c1-14(2)30-23(29)19-12-16-7-9-27(13-20(16)32-19)10-8-24-22(28)18-6-4-5-17(11-18)21-25-15(3)31-26-21/h4-6,11-12,14H,7-10,13H2,1-3H3,(H,24,28). The molecule has 1 aromatic carbocycles. The molecule has 0 unspecified atom stereocenters. The lowest BCUT2D eigenvalue weighted by molar-refractivity contribution is 0.0383. The minimum absolute atomic E-state index is 0.126. The number of hydrogen-bond acceptors (Lipinski definition) is 8. The molecule has 9 heteroatoms. The highest BCUT2D eigenvalue weighted by Gasteiger charge is 2.22. The van der Waals surface area contributed by atoms with Crippen molar-refractivity contribution in [3.63, 3.8) is 0 Å². The fourth-order valence-electron chi connectivity index (χ4n) is 3.58. The number of nitrogens with zero attached hydrogens (tertiary/aromatic N) is 3. The van der Waals surface area contributed by atoms with E-state index in [-0.39, 0.29) is 18.0 Å². The summed E-state index contributed by atoms with van der Waals surface area (Å²) in [7, 11) is 0. The predicted octanol–water partition coefficient (Wildman–Crippen LogP) is 3.46. The summed E-state index contributed by atoms with van der Waals surface area (Å²) in [5, 5.41) is 6.89. The maximum Gasteiger partial charge on any atom is 0.348 e. The van der Waals surface area contributed by atoms with Gasteiger partial charge < -0.3 is 14.6 Å². The second-order valence-corrected chi connectivity index (χ2v) is 9.15. The van der Waals surface area contributed by atoms with Crippen molar-refractivity contribution in [3.05, 3.63) is 57.1 Å². The van der Waals surface area contributed by atoms with Crippen LogP contribution in [0.1, 0.15) is 50.2 Å². The summed E-state index contributed by atoms with van der Waals surface area (Å²) in [5.41, 5.74) is 2.51. The Bertz CT molecular complexity index is 1120. The molecule has 0 radical (unpaired) electrons. The number of rotatable bonds is 7. The monoisotopic (exact) mass is 454 g/mol. The molecule has 3 aromatic rings. The number of aryl methyl sites for hydroxylation is 1. The topological polar surface area (TPSA) is 97.6 Å². The van der Waals surface area contributed by atoms with Gasteiger partial charge in [0, 0.05) is 49.1 Å². The lowest BCUT2D eigenvalue weighted by Gasteiger charge is -2.26.